The molecule has 1 saturated heterocycles. The van der Waals surface area contributed by atoms with Crippen LogP contribution in [0.2, 0.25) is 0 Å². The molecule has 116 valence electrons. The molecular weight excluding hydrogens is 280 g/mol. The second-order valence-electron chi connectivity index (χ2n) is 5.64. The summed E-state index contributed by atoms with van der Waals surface area (Å²) in [7, 11) is 3.73. The number of carboxylic acids is 1. The molecule has 1 aliphatic rings. The lowest BCUT2D eigenvalue weighted by molar-refractivity contribution is -0.141. The average Bonchev–Trinajstić information content (AvgIpc) is 2.52. The number of piperidine rings is 1. The maximum absolute atomic E-state index is 11.2. The number of benzene rings is 1. The molecule has 0 aliphatic carbocycles. The number of nitrogens with zero attached hydrogens (tertiary/aromatic N) is 4. The van der Waals surface area contributed by atoms with Crippen molar-refractivity contribution in [2.45, 2.75) is 12.8 Å². The van der Waals surface area contributed by atoms with Crippen LogP contribution in [0, 0.1) is 17.2 Å². The molecule has 1 aliphatic heterocycles. The van der Waals surface area contributed by atoms with Crippen molar-refractivity contribution in [3.8, 4) is 6.07 Å². The molecule has 0 saturated carbocycles. The van der Waals surface area contributed by atoms with Crippen molar-refractivity contribution in [3.63, 3.8) is 0 Å². The molecule has 0 amide bonds. The van der Waals surface area contributed by atoms with E-state index in [0.29, 0.717) is 24.2 Å². The van der Waals surface area contributed by atoms with Crippen molar-refractivity contribution < 1.29 is 9.90 Å². The second kappa shape index (κ2) is 6.94. The van der Waals surface area contributed by atoms with E-state index in [0.717, 1.165) is 18.7 Å². The van der Waals surface area contributed by atoms with Gasteiger partial charge in [-0.15, -0.1) is 0 Å². The van der Waals surface area contributed by atoms with Gasteiger partial charge in [-0.1, -0.05) is 0 Å². The van der Waals surface area contributed by atoms with E-state index < -0.39 is 5.97 Å². The molecular formula is C16H20N4O2. The van der Waals surface area contributed by atoms with Crippen molar-refractivity contribution in [3.05, 3.63) is 23.8 Å². The predicted octanol–water partition coefficient (Wildman–Crippen LogP) is 2.08. The predicted molar refractivity (Wildman–Crippen MR) is 85.6 cm³/mol. The fourth-order valence-corrected chi connectivity index (χ4v) is 2.51. The van der Waals surface area contributed by atoms with E-state index in [9.17, 15) is 10.1 Å². The zero-order chi connectivity index (χ0) is 16.1. The van der Waals surface area contributed by atoms with Crippen molar-refractivity contribution >= 4 is 23.7 Å². The SMILES string of the molecule is CN(C)C=Nc1ccc(N2CCCC(C(=O)O)C2)cc1C#N. The Morgan fingerprint density at radius 1 is 1.55 bits per heavy atom. The van der Waals surface area contributed by atoms with Crippen LogP contribution in [0.1, 0.15) is 18.4 Å². The normalized spacial score (nSPS) is 18.2. The number of rotatable bonds is 4. The number of hydrogen-bond acceptors (Lipinski definition) is 4. The van der Waals surface area contributed by atoms with Gasteiger partial charge in [0.15, 0.2) is 0 Å². The van der Waals surface area contributed by atoms with E-state index in [1.165, 1.54) is 0 Å². The number of carboxylic acid groups (broad SMARTS) is 1. The molecule has 1 heterocycles. The molecule has 1 unspecified atom stereocenters. The van der Waals surface area contributed by atoms with Crippen molar-refractivity contribution in [2.75, 3.05) is 32.1 Å². The highest BCUT2D eigenvalue weighted by Crippen LogP contribution is 2.28. The fourth-order valence-electron chi connectivity index (χ4n) is 2.51. The van der Waals surface area contributed by atoms with Gasteiger partial charge < -0.3 is 14.9 Å². The number of aliphatic imine (C=N–C) groups is 1. The maximum Gasteiger partial charge on any atom is 0.308 e. The summed E-state index contributed by atoms with van der Waals surface area (Å²) in [5.41, 5.74) is 1.99. The second-order valence-corrected chi connectivity index (χ2v) is 5.64. The lowest BCUT2D eigenvalue weighted by atomic mass is 9.97. The third-order valence-corrected chi connectivity index (χ3v) is 3.66. The van der Waals surface area contributed by atoms with Gasteiger partial charge >= 0.3 is 5.97 Å². The summed E-state index contributed by atoms with van der Waals surface area (Å²) in [6.07, 6.45) is 3.21. The van der Waals surface area contributed by atoms with Crippen molar-refractivity contribution in [1.82, 2.24) is 4.90 Å². The first kappa shape index (κ1) is 15.8. The van der Waals surface area contributed by atoms with Gasteiger partial charge in [0.05, 0.1) is 23.5 Å². The lowest BCUT2D eigenvalue weighted by Gasteiger charge is -2.32. The summed E-state index contributed by atoms with van der Waals surface area (Å²) in [6.45, 7) is 1.30. The topological polar surface area (TPSA) is 79.9 Å². The van der Waals surface area contributed by atoms with E-state index in [1.54, 1.807) is 23.4 Å². The highest BCUT2D eigenvalue weighted by Gasteiger charge is 2.25. The Bertz CT molecular complexity index is 619. The molecule has 1 aromatic rings. The summed E-state index contributed by atoms with van der Waals surface area (Å²) in [5.74, 6) is -1.09. The summed E-state index contributed by atoms with van der Waals surface area (Å²) < 4.78 is 0. The Labute approximate surface area is 130 Å². The van der Waals surface area contributed by atoms with E-state index in [1.807, 2.05) is 25.1 Å². The molecule has 0 bridgehead atoms. The number of hydrogen-bond donors (Lipinski definition) is 1. The maximum atomic E-state index is 11.2. The number of carbonyl (C=O) groups is 1. The standard InChI is InChI=1S/C16H20N4O2/c1-19(2)11-18-15-6-5-14(8-13(15)9-17)20-7-3-4-12(10-20)16(21)22/h5-6,8,11-12H,3-4,7,10H2,1-2H3,(H,21,22). The summed E-state index contributed by atoms with van der Waals surface area (Å²) >= 11 is 0. The molecule has 1 N–H and O–H groups in total. The Kier molecular flexibility index (Phi) is 4.99. The van der Waals surface area contributed by atoms with Gasteiger partial charge in [0.25, 0.3) is 0 Å². The van der Waals surface area contributed by atoms with E-state index >= 15 is 0 Å². The van der Waals surface area contributed by atoms with Crippen LogP contribution in [0.4, 0.5) is 11.4 Å². The van der Waals surface area contributed by atoms with Gasteiger partial charge in [-0.2, -0.15) is 5.26 Å². The monoisotopic (exact) mass is 300 g/mol. The minimum atomic E-state index is -0.752. The van der Waals surface area contributed by atoms with Crippen LogP contribution in [0.5, 0.6) is 0 Å². The number of aliphatic carboxylic acids is 1. The average molecular weight is 300 g/mol. The van der Waals surface area contributed by atoms with Gasteiger partial charge in [0.1, 0.15) is 6.07 Å². The quantitative estimate of drug-likeness (QED) is 0.680. The highest BCUT2D eigenvalue weighted by molar-refractivity contribution is 5.72. The van der Waals surface area contributed by atoms with Crippen LogP contribution in [0.3, 0.4) is 0 Å². The molecule has 1 fully saturated rings. The lowest BCUT2D eigenvalue weighted by Crippen LogP contribution is -2.38. The number of nitriles is 1. The number of anilines is 1. The molecule has 1 aromatic carbocycles. The minimum absolute atomic E-state index is 0.342. The molecule has 22 heavy (non-hydrogen) atoms. The van der Waals surface area contributed by atoms with E-state index in [2.05, 4.69) is 11.1 Å². The Balaban J connectivity index is 2.22. The molecule has 1 atom stereocenters. The first-order valence-corrected chi connectivity index (χ1v) is 7.24. The summed E-state index contributed by atoms with van der Waals surface area (Å²) in [5, 5.41) is 18.5. The van der Waals surface area contributed by atoms with Gasteiger partial charge in [-0.25, -0.2) is 4.99 Å². The van der Waals surface area contributed by atoms with Gasteiger partial charge in [-0.05, 0) is 31.0 Å². The first-order valence-electron chi connectivity index (χ1n) is 7.24. The van der Waals surface area contributed by atoms with Crippen molar-refractivity contribution in [1.29, 1.82) is 5.26 Å². The molecule has 6 nitrogen and oxygen atoms in total. The fraction of sp³-hybridized carbons (Fsp3) is 0.438. The van der Waals surface area contributed by atoms with E-state index in [4.69, 9.17) is 5.11 Å². The first-order chi connectivity index (χ1) is 10.5. The van der Waals surface area contributed by atoms with Crippen molar-refractivity contribution in [2.24, 2.45) is 10.9 Å². The van der Waals surface area contributed by atoms with Gasteiger partial charge in [0.2, 0.25) is 0 Å². The zero-order valence-electron chi connectivity index (χ0n) is 12.9. The van der Waals surface area contributed by atoms with Crippen LogP contribution in [-0.2, 0) is 4.79 Å². The summed E-state index contributed by atoms with van der Waals surface area (Å²) in [6, 6.07) is 7.64. The third kappa shape index (κ3) is 3.76. The Hall–Kier alpha value is -2.55. The third-order valence-electron chi connectivity index (χ3n) is 3.66. The Morgan fingerprint density at radius 3 is 2.95 bits per heavy atom. The van der Waals surface area contributed by atoms with Gasteiger partial charge in [-0.3, -0.25) is 4.79 Å². The van der Waals surface area contributed by atoms with Gasteiger partial charge in [0, 0.05) is 32.9 Å². The van der Waals surface area contributed by atoms with Crippen LogP contribution >= 0.6 is 0 Å². The van der Waals surface area contributed by atoms with Crippen LogP contribution < -0.4 is 4.90 Å². The summed E-state index contributed by atoms with van der Waals surface area (Å²) in [4.78, 5) is 19.3. The minimum Gasteiger partial charge on any atom is -0.481 e. The smallest absolute Gasteiger partial charge is 0.308 e. The van der Waals surface area contributed by atoms with E-state index in [-0.39, 0.29) is 5.92 Å². The Morgan fingerprint density at radius 2 is 2.32 bits per heavy atom. The highest BCUT2D eigenvalue weighted by atomic mass is 16.4. The van der Waals surface area contributed by atoms with Crippen LogP contribution in [-0.4, -0.2) is 49.5 Å². The molecule has 2 rings (SSSR count). The molecule has 0 spiro atoms. The van der Waals surface area contributed by atoms with Crippen LogP contribution in [0.15, 0.2) is 23.2 Å². The molecule has 6 heteroatoms. The largest absolute Gasteiger partial charge is 0.481 e. The van der Waals surface area contributed by atoms with Crippen LogP contribution in [0.25, 0.3) is 0 Å². The molecule has 0 aromatic heterocycles. The zero-order valence-corrected chi connectivity index (χ0v) is 12.9. The molecule has 0 radical (unpaired) electrons.